The lowest BCUT2D eigenvalue weighted by Crippen LogP contribution is -2.25. The lowest BCUT2D eigenvalue weighted by atomic mass is 10.1. The first-order chi connectivity index (χ1) is 10.1. The summed E-state index contributed by atoms with van der Waals surface area (Å²) in [5.74, 6) is 0. The van der Waals surface area contributed by atoms with Crippen molar-refractivity contribution >= 4 is 12.2 Å². The van der Waals surface area contributed by atoms with Crippen LogP contribution in [0.1, 0.15) is 18.1 Å². The fraction of sp³-hybridized carbons (Fsp3) is 0.467. The number of cyclic esters (lactones) is 2. The minimum atomic E-state index is -0.268. The van der Waals surface area contributed by atoms with Crippen LogP contribution < -0.4 is 0 Å². The molecule has 0 bridgehead atoms. The summed E-state index contributed by atoms with van der Waals surface area (Å²) in [6, 6.07) is 7.90. The average Bonchev–Trinajstić information content (AvgIpc) is 2.97. The third-order valence-electron chi connectivity index (χ3n) is 3.62. The van der Waals surface area contributed by atoms with Crippen LogP contribution in [0.4, 0.5) is 9.59 Å². The highest BCUT2D eigenvalue weighted by molar-refractivity contribution is 5.70. The van der Waals surface area contributed by atoms with Crippen LogP contribution >= 0.6 is 0 Å². The van der Waals surface area contributed by atoms with Gasteiger partial charge in [-0.15, -0.1) is 0 Å². The van der Waals surface area contributed by atoms with Gasteiger partial charge in [-0.2, -0.15) is 0 Å². The molecule has 0 aliphatic carbocycles. The molecular weight excluding hydrogens is 272 g/mol. The Bertz CT molecular complexity index is 560. The van der Waals surface area contributed by atoms with Crippen LogP contribution in [0.3, 0.4) is 0 Å². The summed E-state index contributed by atoms with van der Waals surface area (Å²) in [6.07, 6.45) is -0.589. The van der Waals surface area contributed by atoms with Crippen molar-refractivity contribution in [1.82, 2.24) is 9.80 Å². The van der Waals surface area contributed by atoms with Crippen LogP contribution in [0.15, 0.2) is 24.3 Å². The predicted molar refractivity (Wildman–Crippen MR) is 74.6 cm³/mol. The fourth-order valence-corrected chi connectivity index (χ4v) is 2.63. The van der Waals surface area contributed by atoms with E-state index in [1.54, 1.807) is 9.80 Å². The first kappa shape index (κ1) is 13.7. The molecule has 1 unspecified atom stereocenters. The number of ether oxygens (including phenoxy) is 2. The monoisotopic (exact) mass is 290 g/mol. The van der Waals surface area contributed by atoms with Crippen molar-refractivity contribution < 1.29 is 19.1 Å². The molecule has 2 aliphatic heterocycles. The Morgan fingerprint density at radius 3 is 2.43 bits per heavy atom. The molecule has 0 aromatic heterocycles. The molecular formula is C15H18N2O4. The SMILES string of the molecule is CC1CN(Cc2cccc(CN3CCOC3=O)c2)C(=O)O1. The van der Waals surface area contributed by atoms with Crippen molar-refractivity contribution in [2.75, 3.05) is 19.7 Å². The molecule has 112 valence electrons. The Morgan fingerprint density at radius 2 is 1.86 bits per heavy atom. The molecule has 6 heteroatoms. The maximum atomic E-state index is 11.6. The highest BCUT2D eigenvalue weighted by Crippen LogP contribution is 2.17. The summed E-state index contributed by atoms with van der Waals surface area (Å²) < 4.78 is 10.0. The van der Waals surface area contributed by atoms with E-state index >= 15 is 0 Å². The van der Waals surface area contributed by atoms with Gasteiger partial charge in [-0.05, 0) is 18.1 Å². The Balaban J connectivity index is 1.65. The van der Waals surface area contributed by atoms with Gasteiger partial charge in [0.15, 0.2) is 0 Å². The van der Waals surface area contributed by atoms with E-state index in [1.807, 2.05) is 31.2 Å². The second-order valence-corrected chi connectivity index (χ2v) is 5.43. The molecule has 3 rings (SSSR count). The maximum Gasteiger partial charge on any atom is 0.410 e. The van der Waals surface area contributed by atoms with E-state index in [2.05, 4.69) is 0 Å². The molecule has 2 fully saturated rings. The van der Waals surface area contributed by atoms with Crippen LogP contribution in [0.2, 0.25) is 0 Å². The minimum Gasteiger partial charge on any atom is -0.448 e. The molecule has 1 atom stereocenters. The smallest absolute Gasteiger partial charge is 0.410 e. The number of rotatable bonds is 4. The standard InChI is InChI=1S/C15H18N2O4/c1-11-8-17(15(19)21-11)10-13-4-2-3-12(7-13)9-16-5-6-20-14(16)18/h2-4,7,11H,5-6,8-10H2,1H3. The number of benzene rings is 1. The predicted octanol–water partition coefficient (Wildman–Crippen LogP) is 1.98. The highest BCUT2D eigenvalue weighted by atomic mass is 16.6. The molecule has 0 N–H and O–H groups in total. The van der Waals surface area contributed by atoms with Gasteiger partial charge in [0.05, 0.1) is 13.1 Å². The molecule has 2 amide bonds. The maximum absolute atomic E-state index is 11.6. The van der Waals surface area contributed by atoms with Crippen molar-refractivity contribution in [3.8, 4) is 0 Å². The van der Waals surface area contributed by atoms with Gasteiger partial charge in [-0.3, -0.25) is 0 Å². The highest BCUT2D eigenvalue weighted by Gasteiger charge is 2.28. The Kier molecular flexibility index (Phi) is 3.68. The summed E-state index contributed by atoms with van der Waals surface area (Å²) in [5, 5.41) is 0. The Labute approximate surface area is 123 Å². The van der Waals surface area contributed by atoms with Crippen molar-refractivity contribution in [2.24, 2.45) is 0 Å². The summed E-state index contributed by atoms with van der Waals surface area (Å²) in [7, 11) is 0. The van der Waals surface area contributed by atoms with Crippen LogP contribution in [0, 0.1) is 0 Å². The van der Waals surface area contributed by atoms with E-state index in [1.165, 1.54) is 0 Å². The molecule has 1 aromatic carbocycles. The Hall–Kier alpha value is -2.24. The first-order valence-corrected chi connectivity index (χ1v) is 7.07. The third-order valence-corrected chi connectivity index (χ3v) is 3.62. The largest absolute Gasteiger partial charge is 0.448 e. The molecule has 2 heterocycles. The number of amides is 2. The molecule has 0 spiro atoms. The second-order valence-electron chi connectivity index (χ2n) is 5.43. The van der Waals surface area contributed by atoms with Crippen molar-refractivity contribution in [3.05, 3.63) is 35.4 Å². The van der Waals surface area contributed by atoms with E-state index in [-0.39, 0.29) is 18.3 Å². The summed E-state index contributed by atoms with van der Waals surface area (Å²) in [4.78, 5) is 26.4. The lowest BCUT2D eigenvalue weighted by Gasteiger charge is -2.15. The van der Waals surface area contributed by atoms with Crippen molar-refractivity contribution in [3.63, 3.8) is 0 Å². The van der Waals surface area contributed by atoms with Crippen molar-refractivity contribution in [1.29, 1.82) is 0 Å². The normalized spacial score (nSPS) is 21.7. The zero-order valence-electron chi connectivity index (χ0n) is 11.9. The van der Waals surface area contributed by atoms with Crippen LogP contribution in [0.25, 0.3) is 0 Å². The van der Waals surface area contributed by atoms with E-state index in [0.29, 0.717) is 32.8 Å². The first-order valence-electron chi connectivity index (χ1n) is 7.07. The molecule has 21 heavy (non-hydrogen) atoms. The molecule has 0 saturated carbocycles. The van der Waals surface area contributed by atoms with Gasteiger partial charge in [-0.1, -0.05) is 24.3 Å². The van der Waals surface area contributed by atoms with Crippen molar-refractivity contribution in [2.45, 2.75) is 26.1 Å². The van der Waals surface area contributed by atoms with Crippen LogP contribution in [-0.2, 0) is 22.6 Å². The molecule has 2 saturated heterocycles. The van der Waals surface area contributed by atoms with Gasteiger partial charge in [0.1, 0.15) is 12.7 Å². The molecule has 6 nitrogen and oxygen atoms in total. The number of nitrogens with zero attached hydrogens (tertiary/aromatic N) is 2. The fourth-order valence-electron chi connectivity index (χ4n) is 2.63. The van der Waals surface area contributed by atoms with Gasteiger partial charge in [0, 0.05) is 13.1 Å². The molecule has 1 aromatic rings. The number of hydrogen-bond acceptors (Lipinski definition) is 4. The van der Waals surface area contributed by atoms with Gasteiger partial charge in [0.25, 0.3) is 0 Å². The van der Waals surface area contributed by atoms with Gasteiger partial charge < -0.3 is 19.3 Å². The quantitative estimate of drug-likeness (QED) is 0.850. The number of carbonyl (C=O) groups is 2. The summed E-state index contributed by atoms with van der Waals surface area (Å²) in [5.41, 5.74) is 2.07. The van der Waals surface area contributed by atoms with E-state index in [4.69, 9.17) is 9.47 Å². The second kappa shape index (κ2) is 5.63. The topological polar surface area (TPSA) is 59.1 Å². The average molecular weight is 290 g/mol. The zero-order chi connectivity index (χ0) is 14.8. The summed E-state index contributed by atoms with van der Waals surface area (Å²) in [6.45, 7) is 4.64. The molecule has 2 aliphatic rings. The third kappa shape index (κ3) is 3.09. The number of carbonyl (C=O) groups excluding carboxylic acids is 2. The van der Waals surface area contributed by atoms with Gasteiger partial charge in [-0.25, -0.2) is 9.59 Å². The lowest BCUT2D eigenvalue weighted by molar-refractivity contribution is 0.137. The minimum absolute atomic E-state index is 0.0555. The van der Waals surface area contributed by atoms with Crippen LogP contribution in [-0.4, -0.2) is 47.8 Å². The van der Waals surface area contributed by atoms with E-state index in [0.717, 1.165) is 11.1 Å². The van der Waals surface area contributed by atoms with E-state index < -0.39 is 0 Å². The number of hydrogen-bond donors (Lipinski definition) is 0. The molecule has 0 radical (unpaired) electrons. The summed E-state index contributed by atoms with van der Waals surface area (Å²) >= 11 is 0. The zero-order valence-corrected chi connectivity index (χ0v) is 11.9. The van der Waals surface area contributed by atoms with Gasteiger partial charge in [0.2, 0.25) is 0 Å². The Morgan fingerprint density at radius 1 is 1.14 bits per heavy atom. The van der Waals surface area contributed by atoms with Crippen LogP contribution in [0.5, 0.6) is 0 Å². The van der Waals surface area contributed by atoms with E-state index in [9.17, 15) is 9.59 Å². The van der Waals surface area contributed by atoms with Gasteiger partial charge >= 0.3 is 12.2 Å².